The smallest absolute Gasteiger partial charge is 0.536 e. The Labute approximate surface area is 168 Å². The second-order valence-corrected chi connectivity index (χ2v) is 7.67. The van der Waals surface area contributed by atoms with E-state index in [-0.39, 0.29) is 0 Å². The molecule has 0 spiro atoms. The minimum atomic E-state index is 0.675. The Hall–Kier alpha value is -3.08. The minimum absolute atomic E-state index is 0.675. The molecule has 1 N–H and O–H groups in total. The predicted octanol–water partition coefficient (Wildman–Crippen LogP) is 6.29. The van der Waals surface area contributed by atoms with Crippen molar-refractivity contribution in [3.8, 4) is 28.0 Å². The molecule has 0 saturated carbocycles. The maximum atomic E-state index is 9.02. The van der Waals surface area contributed by atoms with Crippen molar-refractivity contribution in [1.29, 1.82) is 0 Å². The molecule has 1 radical (unpaired) electrons. The van der Waals surface area contributed by atoms with Crippen molar-refractivity contribution >= 4 is 39.2 Å². The molecule has 28 heavy (non-hydrogen) atoms. The first-order chi connectivity index (χ1) is 13.8. The Morgan fingerprint density at radius 2 is 1.36 bits per heavy atom. The van der Waals surface area contributed by atoms with E-state index in [1.54, 1.807) is 11.3 Å². The molecule has 0 unspecified atom stereocenters. The van der Waals surface area contributed by atoms with Gasteiger partial charge >= 0.3 is 7.69 Å². The van der Waals surface area contributed by atoms with Crippen LogP contribution in [0.15, 0.2) is 91.0 Å². The Balaban J connectivity index is 1.64. The summed E-state index contributed by atoms with van der Waals surface area (Å²) in [5, 5.41) is 11.4. The van der Waals surface area contributed by atoms with Crippen molar-refractivity contribution in [3.05, 3.63) is 91.0 Å². The van der Waals surface area contributed by atoms with Crippen LogP contribution in [-0.2, 0) is 0 Å². The zero-order chi connectivity index (χ0) is 18.9. The molecular weight excluding hydrogens is 363 g/mol. The summed E-state index contributed by atoms with van der Waals surface area (Å²) in [6, 6.07) is 31.6. The van der Waals surface area contributed by atoms with Crippen LogP contribution in [-0.4, -0.2) is 12.7 Å². The van der Waals surface area contributed by atoms with E-state index in [9.17, 15) is 0 Å². The summed E-state index contributed by atoms with van der Waals surface area (Å²) in [6.07, 6.45) is 0. The van der Waals surface area contributed by atoms with Crippen LogP contribution >= 0.6 is 11.3 Å². The molecule has 5 aromatic rings. The van der Waals surface area contributed by atoms with Crippen LogP contribution in [0.25, 0.3) is 42.4 Å². The van der Waals surface area contributed by atoms with E-state index in [4.69, 9.17) is 9.68 Å². The van der Waals surface area contributed by atoms with Crippen LogP contribution < -0.4 is 4.65 Å². The highest BCUT2D eigenvalue weighted by molar-refractivity contribution is 7.26. The minimum Gasteiger partial charge on any atom is -0.536 e. The van der Waals surface area contributed by atoms with E-state index in [0.29, 0.717) is 5.75 Å². The molecule has 0 fully saturated rings. The van der Waals surface area contributed by atoms with Gasteiger partial charge in [-0.3, -0.25) is 0 Å². The van der Waals surface area contributed by atoms with Crippen LogP contribution in [0.4, 0.5) is 0 Å². The molecule has 0 saturated heterocycles. The number of hydrogen-bond acceptors (Lipinski definition) is 3. The van der Waals surface area contributed by atoms with Gasteiger partial charge in [-0.25, -0.2) is 0 Å². The Morgan fingerprint density at radius 1 is 0.643 bits per heavy atom. The second-order valence-electron chi connectivity index (χ2n) is 6.62. The van der Waals surface area contributed by atoms with Crippen LogP contribution in [0.3, 0.4) is 0 Å². The van der Waals surface area contributed by atoms with Crippen LogP contribution in [0, 0.1) is 0 Å². The maximum absolute atomic E-state index is 9.02. The van der Waals surface area contributed by atoms with Crippen LogP contribution in [0.2, 0.25) is 0 Å². The van der Waals surface area contributed by atoms with Gasteiger partial charge in [-0.05, 0) is 46.5 Å². The lowest BCUT2D eigenvalue weighted by Gasteiger charge is -2.07. The molecule has 0 aliphatic rings. The zero-order valence-electron chi connectivity index (χ0n) is 15.0. The van der Waals surface area contributed by atoms with Gasteiger partial charge in [-0.2, -0.15) is 0 Å². The monoisotopic (exact) mass is 379 g/mol. The molecule has 1 aromatic heterocycles. The normalized spacial score (nSPS) is 11.0. The summed E-state index contributed by atoms with van der Waals surface area (Å²) >= 11 is 1.68. The number of rotatable bonds is 4. The lowest BCUT2D eigenvalue weighted by atomic mass is 9.98. The first kappa shape index (κ1) is 17.1. The van der Waals surface area contributed by atoms with E-state index in [2.05, 4.69) is 72.8 Å². The highest BCUT2D eigenvalue weighted by atomic mass is 32.1. The van der Waals surface area contributed by atoms with Gasteiger partial charge < -0.3 is 9.68 Å². The topological polar surface area (TPSA) is 29.5 Å². The first-order valence-corrected chi connectivity index (χ1v) is 9.89. The summed E-state index contributed by atoms with van der Waals surface area (Å²) < 4.78 is 7.51. The lowest BCUT2D eigenvalue weighted by molar-refractivity contribution is 0.457. The molecule has 5 rings (SSSR count). The second kappa shape index (κ2) is 7.15. The molecule has 1 heterocycles. The Kier molecular flexibility index (Phi) is 4.36. The number of thiophene rings is 1. The van der Waals surface area contributed by atoms with Crippen molar-refractivity contribution in [3.63, 3.8) is 0 Å². The van der Waals surface area contributed by atoms with E-state index in [0.717, 1.165) is 17.8 Å². The van der Waals surface area contributed by atoms with Crippen LogP contribution in [0.1, 0.15) is 0 Å². The van der Waals surface area contributed by atoms with Crippen molar-refractivity contribution in [1.82, 2.24) is 0 Å². The van der Waals surface area contributed by atoms with Crippen molar-refractivity contribution in [2.24, 2.45) is 0 Å². The SMILES string of the molecule is O[B]Oc1cccc2c1sc1ccc(-c3cccc(-c4ccccc4)c3)cc12. The molecule has 0 bridgehead atoms. The summed E-state index contributed by atoms with van der Waals surface area (Å²) in [4.78, 5) is 0. The highest BCUT2D eigenvalue weighted by Gasteiger charge is 2.11. The molecule has 133 valence electrons. The molecular formula is C24H16BO2S. The van der Waals surface area contributed by atoms with Gasteiger partial charge in [0.1, 0.15) is 5.75 Å². The van der Waals surface area contributed by atoms with Crippen molar-refractivity contribution in [2.45, 2.75) is 0 Å². The standard InChI is InChI=1S/C24H16BO2S/c26-25-27-22-11-5-10-20-21-15-19(12-13-23(21)28-24(20)22)18-9-4-8-17(14-18)16-6-2-1-3-7-16/h1-15,26H. The summed E-state index contributed by atoms with van der Waals surface area (Å²) in [5.41, 5.74) is 4.81. The van der Waals surface area contributed by atoms with E-state index < -0.39 is 0 Å². The first-order valence-electron chi connectivity index (χ1n) is 9.07. The average molecular weight is 379 g/mol. The van der Waals surface area contributed by atoms with Crippen molar-refractivity contribution < 1.29 is 9.68 Å². The summed E-state index contributed by atoms with van der Waals surface area (Å²) in [6.45, 7) is 0. The quantitative estimate of drug-likeness (QED) is 0.372. The molecule has 4 aromatic carbocycles. The highest BCUT2D eigenvalue weighted by Crippen LogP contribution is 2.40. The van der Waals surface area contributed by atoms with Gasteiger partial charge in [-0.1, -0.05) is 66.7 Å². The lowest BCUT2D eigenvalue weighted by Crippen LogP contribution is -1.99. The third-order valence-electron chi connectivity index (χ3n) is 4.94. The van der Waals surface area contributed by atoms with Crippen molar-refractivity contribution in [2.75, 3.05) is 0 Å². The number of fused-ring (bicyclic) bond motifs is 3. The summed E-state index contributed by atoms with van der Waals surface area (Å²) in [7, 11) is 0.736. The number of benzene rings is 4. The third kappa shape index (κ3) is 2.97. The zero-order valence-corrected chi connectivity index (χ0v) is 15.8. The molecule has 0 amide bonds. The van der Waals surface area contributed by atoms with E-state index >= 15 is 0 Å². The third-order valence-corrected chi connectivity index (χ3v) is 6.14. The van der Waals surface area contributed by atoms with Crippen LogP contribution in [0.5, 0.6) is 5.75 Å². The average Bonchev–Trinajstić information content (AvgIpc) is 3.14. The largest absolute Gasteiger partial charge is 0.569 e. The molecule has 0 aliphatic carbocycles. The molecule has 4 heteroatoms. The number of hydrogen-bond donors (Lipinski definition) is 1. The fraction of sp³-hybridized carbons (Fsp3) is 0. The van der Waals surface area contributed by atoms with Gasteiger partial charge in [0.15, 0.2) is 0 Å². The van der Waals surface area contributed by atoms with Gasteiger partial charge in [0, 0.05) is 15.5 Å². The Morgan fingerprint density at radius 3 is 2.18 bits per heavy atom. The predicted molar refractivity (Wildman–Crippen MR) is 119 cm³/mol. The fourth-order valence-corrected chi connectivity index (χ4v) is 4.75. The molecule has 0 aliphatic heterocycles. The van der Waals surface area contributed by atoms with Gasteiger partial charge in [0.2, 0.25) is 0 Å². The molecule has 2 nitrogen and oxygen atoms in total. The Bertz CT molecular complexity index is 1280. The summed E-state index contributed by atoms with van der Waals surface area (Å²) in [5.74, 6) is 0.675. The maximum Gasteiger partial charge on any atom is 0.569 e. The molecule has 0 atom stereocenters. The van der Waals surface area contributed by atoms with Gasteiger partial charge in [0.25, 0.3) is 0 Å². The fourth-order valence-electron chi connectivity index (χ4n) is 3.61. The van der Waals surface area contributed by atoms with E-state index in [1.807, 2.05) is 18.2 Å². The van der Waals surface area contributed by atoms with E-state index in [1.165, 1.54) is 32.3 Å². The van der Waals surface area contributed by atoms with Gasteiger partial charge in [0.05, 0.1) is 4.70 Å². The van der Waals surface area contributed by atoms with Gasteiger partial charge in [-0.15, -0.1) is 11.3 Å².